The largest absolute Gasteiger partial charge is 0.399 e. The van der Waals surface area contributed by atoms with Crippen LogP contribution in [0.4, 0.5) is 14.5 Å². The lowest BCUT2D eigenvalue weighted by molar-refractivity contribution is 0.352. The normalized spacial score (nSPS) is 13.7. The summed E-state index contributed by atoms with van der Waals surface area (Å²) in [6.45, 7) is 2.32. The lowest BCUT2D eigenvalue weighted by atomic mass is 9.91. The third-order valence-corrected chi connectivity index (χ3v) is 4.76. The standard InChI is InChI=1S/C19H18F2N6/c1-12(27-8-13-6-15(22)3-5-19(13)25-27)17(9-26-11-23-10-24-26)16-4-2-14(20)7-18(16)21/h2-8,10-12,17H,9,22H2,1H3/t12-,17-/m1/s1. The number of nitrogens with two attached hydrogens (primary N) is 1. The molecule has 0 bridgehead atoms. The monoisotopic (exact) mass is 368 g/mol. The van der Waals surface area contributed by atoms with E-state index in [1.54, 1.807) is 21.8 Å². The molecule has 0 aliphatic carbocycles. The summed E-state index contributed by atoms with van der Waals surface area (Å²) in [5.74, 6) is -1.53. The first-order chi connectivity index (χ1) is 13.0. The average Bonchev–Trinajstić information content (AvgIpc) is 3.28. The van der Waals surface area contributed by atoms with Crippen molar-refractivity contribution < 1.29 is 8.78 Å². The maximum atomic E-state index is 14.5. The highest BCUT2D eigenvalue weighted by Crippen LogP contribution is 2.33. The molecule has 0 saturated heterocycles. The van der Waals surface area contributed by atoms with Gasteiger partial charge in [0.05, 0.1) is 18.1 Å². The molecule has 0 saturated carbocycles. The zero-order valence-electron chi connectivity index (χ0n) is 14.6. The number of hydrogen-bond acceptors (Lipinski definition) is 4. The van der Waals surface area contributed by atoms with Crippen LogP contribution in [0.25, 0.3) is 10.9 Å². The zero-order chi connectivity index (χ0) is 19.0. The average molecular weight is 368 g/mol. The van der Waals surface area contributed by atoms with Gasteiger partial charge in [-0.2, -0.15) is 10.2 Å². The number of anilines is 1. The van der Waals surface area contributed by atoms with Gasteiger partial charge in [0.2, 0.25) is 0 Å². The molecule has 0 spiro atoms. The number of benzene rings is 2. The van der Waals surface area contributed by atoms with Gasteiger partial charge in [0.25, 0.3) is 0 Å². The van der Waals surface area contributed by atoms with E-state index < -0.39 is 11.6 Å². The van der Waals surface area contributed by atoms with Crippen molar-refractivity contribution in [3.8, 4) is 0 Å². The summed E-state index contributed by atoms with van der Waals surface area (Å²) >= 11 is 0. The second kappa shape index (κ2) is 6.79. The third-order valence-electron chi connectivity index (χ3n) is 4.76. The van der Waals surface area contributed by atoms with Crippen LogP contribution >= 0.6 is 0 Å². The molecule has 0 fully saturated rings. The molecule has 2 N–H and O–H groups in total. The van der Waals surface area contributed by atoms with Gasteiger partial charge < -0.3 is 5.73 Å². The molecular formula is C19H18F2N6. The minimum atomic E-state index is -0.608. The van der Waals surface area contributed by atoms with Crippen molar-refractivity contribution >= 4 is 16.6 Å². The summed E-state index contributed by atoms with van der Waals surface area (Å²) in [7, 11) is 0. The summed E-state index contributed by atoms with van der Waals surface area (Å²) in [6.07, 6.45) is 4.88. The fraction of sp³-hybridized carbons (Fsp3) is 0.211. The van der Waals surface area contributed by atoms with Crippen LogP contribution in [0.15, 0.2) is 55.2 Å². The Kier molecular flexibility index (Phi) is 4.31. The van der Waals surface area contributed by atoms with Crippen LogP contribution in [0.2, 0.25) is 0 Å². The Morgan fingerprint density at radius 3 is 2.74 bits per heavy atom. The molecule has 2 atom stereocenters. The molecule has 0 amide bonds. The van der Waals surface area contributed by atoms with Crippen LogP contribution in [0.3, 0.4) is 0 Å². The first-order valence-corrected chi connectivity index (χ1v) is 8.53. The highest BCUT2D eigenvalue weighted by molar-refractivity contribution is 5.81. The molecule has 27 heavy (non-hydrogen) atoms. The molecule has 0 unspecified atom stereocenters. The summed E-state index contributed by atoms with van der Waals surface area (Å²) in [5.41, 5.74) is 7.70. The van der Waals surface area contributed by atoms with Crippen LogP contribution in [-0.2, 0) is 6.54 Å². The Balaban J connectivity index is 1.75. The Labute approximate surface area is 154 Å². The van der Waals surface area contributed by atoms with Crippen LogP contribution in [-0.4, -0.2) is 24.5 Å². The summed E-state index contributed by atoms with van der Waals surface area (Å²) in [4.78, 5) is 3.94. The van der Waals surface area contributed by atoms with E-state index in [2.05, 4.69) is 15.2 Å². The number of nitrogen functional groups attached to an aromatic ring is 1. The van der Waals surface area contributed by atoms with E-state index in [4.69, 9.17) is 5.73 Å². The fourth-order valence-corrected chi connectivity index (χ4v) is 3.30. The van der Waals surface area contributed by atoms with Gasteiger partial charge in [-0.1, -0.05) is 6.07 Å². The second-order valence-corrected chi connectivity index (χ2v) is 6.56. The van der Waals surface area contributed by atoms with E-state index in [0.717, 1.165) is 17.0 Å². The van der Waals surface area contributed by atoms with E-state index >= 15 is 0 Å². The van der Waals surface area contributed by atoms with E-state index in [1.807, 2.05) is 25.3 Å². The quantitative estimate of drug-likeness (QED) is 0.547. The summed E-state index contributed by atoms with van der Waals surface area (Å²) in [6, 6.07) is 8.90. The molecule has 4 aromatic rings. The van der Waals surface area contributed by atoms with Crippen LogP contribution in [0.5, 0.6) is 0 Å². The molecule has 2 heterocycles. The number of aromatic nitrogens is 5. The summed E-state index contributed by atoms with van der Waals surface area (Å²) < 4.78 is 31.3. The van der Waals surface area contributed by atoms with Gasteiger partial charge in [-0.05, 0) is 36.8 Å². The minimum absolute atomic E-state index is 0.220. The molecule has 6 nitrogen and oxygen atoms in total. The fourth-order valence-electron chi connectivity index (χ4n) is 3.30. The van der Waals surface area contributed by atoms with Crippen molar-refractivity contribution in [3.63, 3.8) is 0 Å². The van der Waals surface area contributed by atoms with Crippen molar-refractivity contribution in [2.45, 2.75) is 25.4 Å². The number of rotatable bonds is 5. The molecule has 2 aromatic heterocycles. The van der Waals surface area contributed by atoms with Crippen molar-refractivity contribution in [1.29, 1.82) is 0 Å². The van der Waals surface area contributed by atoms with Gasteiger partial charge in [0, 0.05) is 29.3 Å². The molecule has 138 valence electrons. The maximum absolute atomic E-state index is 14.5. The molecule has 0 radical (unpaired) electrons. The second-order valence-electron chi connectivity index (χ2n) is 6.56. The third kappa shape index (κ3) is 3.38. The van der Waals surface area contributed by atoms with E-state index in [1.165, 1.54) is 18.5 Å². The molecular weight excluding hydrogens is 350 g/mol. The predicted molar refractivity (Wildman–Crippen MR) is 98.0 cm³/mol. The van der Waals surface area contributed by atoms with Gasteiger partial charge in [-0.15, -0.1) is 0 Å². The molecule has 2 aromatic carbocycles. The Hall–Kier alpha value is -3.29. The van der Waals surface area contributed by atoms with Crippen molar-refractivity contribution in [2.75, 3.05) is 5.73 Å². The summed E-state index contributed by atoms with van der Waals surface area (Å²) in [5, 5.41) is 9.62. The highest BCUT2D eigenvalue weighted by atomic mass is 19.1. The molecule has 4 rings (SSSR count). The van der Waals surface area contributed by atoms with E-state index in [0.29, 0.717) is 17.8 Å². The predicted octanol–water partition coefficient (Wildman–Crippen LogP) is 3.53. The van der Waals surface area contributed by atoms with Gasteiger partial charge >= 0.3 is 0 Å². The highest BCUT2D eigenvalue weighted by Gasteiger charge is 2.26. The minimum Gasteiger partial charge on any atom is -0.399 e. The topological polar surface area (TPSA) is 74.5 Å². The van der Waals surface area contributed by atoms with Crippen molar-refractivity contribution in [1.82, 2.24) is 24.5 Å². The number of halogens is 2. The van der Waals surface area contributed by atoms with Crippen molar-refractivity contribution in [3.05, 3.63) is 72.4 Å². The molecule has 0 aliphatic heterocycles. The first kappa shape index (κ1) is 17.1. The Morgan fingerprint density at radius 1 is 1.15 bits per heavy atom. The number of fused-ring (bicyclic) bond motifs is 1. The zero-order valence-corrected chi connectivity index (χ0v) is 14.6. The number of hydrogen-bond donors (Lipinski definition) is 1. The first-order valence-electron chi connectivity index (χ1n) is 8.53. The van der Waals surface area contributed by atoms with Gasteiger partial charge in [-0.3, -0.25) is 9.36 Å². The maximum Gasteiger partial charge on any atom is 0.137 e. The van der Waals surface area contributed by atoms with Gasteiger partial charge in [0.1, 0.15) is 24.3 Å². The van der Waals surface area contributed by atoms with Crippen LogP contribution < -0.4 is 5.73 Å². The Morgan fingerprint density at radius 2 is 2.00 bits per heavy atom. The lowest BCUT2D eigenvalue weighted by Crippen LogP contribution is -2.22. The molecule has 8 heteroatoms. The smallest absolute Gasteiger partial charge is 0.137 e. The number of nitrogens with zero attached hydrogens (tertiary/aromatic N) is 5. The van der Waals surface area contributed by atoms with Gasteiger partial charge in [0.15, 0.2) is 0 Å². The van der Waals surface area contributed by atoms with Crippen LogP contribution in [0, 0.1) is 11.6 Å². The lowest BCUT2D eigenvalue weighted by Gasteiger charge is -2.25. The van der Waals surface area contributed by atoms with E-state index in [9.17, 15) is 8.78 Å². The van der Waals surface area contributed by atoms with Crippen molar-refractivity contribution in [2.24, 2.45) is 0 Å². The van der Waals surface area contributed by atoms with Gasteiger partial charge in [-0.25, -0.2) is 13.8 Å². The Bertz CT molecular complexity index is 1070. The van der Waals surface area contributed by atoms with E-state index in [-0.39, 0.29) is 12.0 Å². The SMILES string of the molecule is C[C@H]([C@@H](Cn1cncn1)c1ccc(F)cc1F)n1cc2cc(N)ccc2n1. The van der Waals surface area contributed by atoms with Crippen LogP contribution in [0.1, 0.15) is 24.4 Å². The molecule has 0 aliphatic rings.